The van der Waals surface area contributed by atoms with Crippen molar-refractivity contribution in [2.45, 2.75) is 33.2 Å². The molecular formula is C10H22N2. The van der Waals surface area contributed by atoms with Crippen molar-refractivity contribution >= 4 is 0 Å². The molecule has 1 heterocycles. The van der Waals surface area contributed by atoms with Gasteiger partial charge in [-0.15, -0.1) is 0 Å². The zero-order valence-electron chi connectivity index (χ0n) is 8.64. The lowest BCUT2D eigenvalue weighted by molar-refractivity contribution is 0.204. The quantitative estimate of drug-likeness (QED) is 0.672. The Morgan fingerprint density at radius 3 is 2.75 bits per heavy atom. The summed E-state index contributed by atoms with van der Waals surface area (Å²) < 4.78 is 0. The number of nitrogens with one attached hydrogen (secondary N) is 1. The van der Waals surface area contributed by atoms with Gasteiger partial charge in [-0.05, 0) is 32.4 Å². The predicted molar refractivity (Wildman–Crippen MR) is 53.4 cm³/mol. The number of rotatable bonds is 2. The van der Waals surface area contributed by atoms with E-state index in [2.05, 4.69) is 31.0 Å². The van der Waals surface area contributed by atoms with E-state index in [1.807, 2.05) is 0 Å². The summed E-state index contributed by atoms with van der Waals surface area (Å²) in [5.74, 6) is 0.807. The van der Waals surface area contributed by atoms with Crippen molar-refractivity contribution in [3.63, 3.8) is 0 Å². The average Bonchev–Trinajstić information content (AvgIpc) is 2.16. The molecule has 0 aliphatic carbocycles. The zero-order valence-corrected chi connectivity index (χ0v) is 8.64. The van der Waals surface area contributed by atoms with Gasteiger partial charge in [0.05, 0.1) is 0 Å². The van der Waals surface area contributed by atoms with Crippen LogP contribution in [-0.2, 0) is 0 Å². The maximum absolute atomic E-state index is 3.49. The first kappa shape index (κ1) is 10.0. The lowest BCUT2D eigenvalue weighted by Gasteiger charge is -2.27. The zero-order chi connectivity index (χ0) is 8.97. The van der Waals surface area contributed by atoms with Crippen LogP contribution in [0.3, 0.4) is 0 Å². The van der Waals surface area contributed by atoms with E-state index in [4.69, 9.17) is 0 Å². The minimum atomic E-state index is 0.717. The van der Waals surface area contributed by atoms with Crippen molar-refractivity contribution in [2.75, 3.05) is 26.2 Å². The molecule has 1 rings (SSSR count). The molecule has 0 aromatic rings. The van der Waals surface area contributed by atoms with Crippen molar-refractivity contribution in [3.8, 4) is 0 Å². The molecule has 0 spiro atoms. The smallest absolute Gasteiger partial charge is 0.0192 e. The van der Waals surface area contributed by atoms with E-state index >= 15 is 0 Å². The number of hydrogen-bond donors (Lipinski definition) is 1. The van der Waals surface area contributed by atoms with Gasteiger partial charge < -0.3 is 5.32 Å². The third-order valence-corrected chi connectivity index (χ3v) is 2.61. The Morgan fingerprint density at radius 1 is 1.33 bits per heavy atom. The molecule has 1 saturated heterocycles. The molecule has 0 aromatic heterocycles. The first-order valence-electron chi connectivity index (χ1n) is 5.18. The highest BCUT2D eigenvalue weighted by Gasteiger charge is 2.18. The molecular weight excluding hydrogens is 148 g/mol. The van der Waals surface area contributed by atoms with Crippen LogP contribution in [0.25, 0.3) is 0 Å². The lowest BCUT2D eigenvalue weighted by atomic mass is 10.1. The van der Waals surface area contributed by atoms with Crippen molar-refractivity contribution < 1.29 is 0 Å². The van der Waals surface area contributed by atoms with E-state index in [0.29, 0.717) is 0 Å². The van der Waals surface area contributed by atoms with Gasteiger partial charge in [-0.1, -0.05) is 13.8 Å². The Kier molecular flexibility index (Phi) is 4.02. The Bertz CT molecular complexity index is 125. The van der Waals surface area contributed by atoms with Gasteiger partial charge in [0.25, 0.3) is 0 Å². The average molecular weight is 170 g/mol. The van der Waals surface area contributed by atoms with Gasteiger partial charge in [-0.2, -0.15) is 0 Å². The molecule has 2 atom stereocenters. The molecule has 72 valence electrons. The van der Waals surface area contributed by atoms with Crippen molar-refractivity contribution in [1.82, 2.24) is 10.2 Å². The maximum atomic E-state index is 3.49. The summed E-state index contributed by atoms with van der Waals surface area (Å²) in [6.07, 6.45) is 1.27. The van der Waals surface area contributed by atoms with Crippen LogP contribution in [0.2, 0.25) is 0 Å². The summed E-state index contributed by atoms with van der Waals surface area (Å²) in [6, 6.07) is 0.717. The minimum absolute atomic E-state index is 0.717. The molecule has 1 fully saturated rings. The third kappa shape index (κ3) is 2.76. The SMILES string of the molecule is CCCN1CC(C)CNCC1C. The van der Waals surface area contributed by atoms with Crippen LogP contribution in [0, 0.1) is 5.92 Å². The largest absolute Gasteiger partial charge is 0.315 e. The molecule has 0 bridgehead atoms. The van der Waals surface area contributed by atoms with Gasteiger partial charge in [0, 0.05) is 19.1 Å². The summed E-state index contributed by atoms with van der Waals surface area (Å²) in [5, 5.41) is 3.49. The van der Waals surface area contributed by atoms with Crippen LogP contribution < -0.4 is 5.32 Å². The van der Waals surface area contributed by atoms with Crippen LogP contribution in [0.4, 0.5) is 0 Å². The van der Waals surface area contributed by atoms with Gasteiger partial charge in [-0.3, -0.25) is 4.90 Å². The topological polar surface area (TPSA) is 15.3 Å². The van der Waals surface area contributed by atoms with E-state index < -0.39 is 0 Å². The fourth-order valence-corrected chi connectivity index (χ4v) is 1.91. The number of nitrogens with zero attached hydrogens (tertiary/aromatic N) is 1. The van der Waals surface area contributed by atoms with E-state index in [1.165, 1.54) is 26.1 Å². The fraction of sp³-hybridized carbons (Fsp3) is 1.00. The Hall–Kier alpha value is -0.0800. The molecule has 1 N–H and O–H groups in total. The maximum Gasteiger partial charge on any atom is 0.0192 e. The van der Waals surface area contributed by atoms with Crippen LogP contribution in [0.1, 0.15) is 27.2 Å². The minimum Gasteiger partial charge on any atom is -0.315 e. The van der Waals surface area contributed by atoms with E-state index in [-0.39, 0.29) is 0 Å². The lowest BCUT2D eigenvalue weighted by Crippen LogP contribution is -2.38. The highest BCUT2D eigenvalue weighted by Crippen LogP contribution is 2.08. The molecule has 0 aromatic carbocycles. The first-order chi connectivity index (χ1) is 5.74. The van der Waals surface area contributed by atoms with Crippen LogP contribution in [0.15, 0.2) is 0 Å². The van der Waals surface area contributed by atoms with E-state index in [1.54, 1.807) is 0 Å². The molecule has 1 aliphatic heterocycles. The van der Waals surface area contributed by atoms with E-state index in [0.717, 1.165) is 18.5 Å². The van der Waals surface area contributed by atoms with Gasteiger partial charge in [0.15, 0.2) is 0 Å². The van der Waals surface area contributed by atoms with Crippen LogP contribution >= 0.6 is 0 Å². The molecule has 1 aliphatic rings. The van der Waals surface area contributed by atoms with Crippen molar-refractivity contribution in [3.05, 3.63) is 0 Å². The highest BCUT2D eigenvalue weighted by atomic mass is 15.2. The molecule has 0 radical (unpaired) electrons. The summed E-state index contributed by atoms with van der Waals surface area (Å²) in [7, 11) is 0. The first-order valence-corrected chi connectivity index (χ1v) is 5.18. The Morgan fingerprint density at radius 2 is 2.08 bits per heavy atom. The van der Waals surface area contributed by atoms with Crippen molar-refractivity contribution in [2.24, 2.45) is 5.92 Å². The van der Waals surface area contributed by atoms with Crippen LogP contribution in [-0.4, -0.2) is 37.1 Å². The van der Waals surface area contributed by atoms with E-state index in [9.17, 15) is 0 Å². The molecule has 0 saturated carbocycles. The molecule has 2 heteroatoms. The molecule has 2 unspecified atom stereocenters. The number of hydrogen-bond acceptors (Lipinski definition) is 2. The predicted octanol–water partition coefficient (Wildman–Crippen LogP) is 1.33. The van der Waals surface area contributed by atoms with Crippen LogP contribution in [0.5, 0.6) is 0 Å². The van der Waals surface area contributed by atoms with Gasteiger partial charge in [-0.25, -0.2) is 0 Å². The highest BCUT2D eigenvalue weighted by molar-refractivity contribution is 4.76. The molecule has 12 heavy (non-hydrogen) atoms. The summed E-state index contributed by atoms with van der Waals surface area (Å²) >= 11 is 0. The second kappa shape index (κ2) is 4.83. The Balaban J connectivity index is 2.42. The Labute approximate surface area is 76.3 Å². The molecule has 0 amide bonds. The molecule has 2 nitrogen and oxygen atoms in total. The standard InChI is InChI=1S/C10H22N2/c1-4-5-12-8-9(2)6-11-7-10(12)3/h9-11H,4-8H2,1-3H3. The summed E-state index contributed by atoms with van der Waals surface area (Å²) in [4.78, 5) is 2.60. The second-order valence-corrected chi connectivity index (χ2v) is 4.11. The van der Waals surface area contributed by atoms with Gasteiger partial charge in [0.1, 0.15) is 0 Å². The summed E-state index contributed by atoms with van der Waals surface area (Å²) in [5.41, 5.74) is 0. The normalized spacial score (nSPS) is 33.2. The monoisotopic (exact) mass is 170 g/mol. The van der Waals surface area contributed by atoms with Gasteiger partial charge >= 0.3 is 0 Å². The third-order valence-electron chi connectivity index (χ3n) is 2.61. The van der Waals surface area contributed by atoms with Gasteiger partial charge in [0.2, 0.25) is 0 Å². The second-order valence-electron chi connectivity index (χ2n) is 4.11. The van der Waals surface area contributed by atoms with Crippen molar-refractivity contribution in [1.29, 1.82) is 0 Å². The summed E-state index contributed by atoms with van der Waals surface area (Å²) in [6.45, 7) is 11.8. The fourth-order valence-electron chi connectivity index (χ4n) is 1.91.